The second kappa shape index (κ2) is 10.1. The first-order valence-electron chi connectivity index (χ1n) is 10.7. The Morgan fingerprint density at radius 3 is 2.97 bits per heavy atom. The van der Waals surface area contributed by atoms with Crippen LogP contribution < -0.4 is 10.8 Å². The number of hydrogen-bond donors (Lipinski definition) is 3. The number of aromatic nitrogens is 2. The molecule has 3 N–H and O–H groups in total. The molecule has 1 aromatic carbocycles. The fraction of sp³-hybridized carbons (Fsp3) is 0.409. The number of nitrogens with one attached hydrogen (secondary N) is 2. The summed E-state index contributed by atoms with van der Waals surface area (Å²) in [6.45, 7) is 3.96. The van der Waals surface area contributed by atoms with Crippen molar-refractivity contribution >= 4 is 28.6 Å². The van der Waals surface area contributed by atoms with Crippen LogP contribution in [0.15, 0.2) is 47.0 Å². The zero-order valence-corrected chi connectivity index (χ0v) is 18.7. The molecule has 0 saturated carbocycles. The summed E-state index contributed by atoms with van der Waals surface area (Å²) in [5.41, 5.74) is 2.06. The molecule has 0 spiro atoms. The third-order valence-electron chi connectivity index (χ3n) is 5.55. The Morgan fingerprint density at radius 2 is 2.25 bits per heavy atom. The number of aromatic amines is 1. The molecular formula is C22H27N5O4S. The molecule has 0 bridgehead atoms. The van der Waals surface area contributed by atoms with Crippen molar-refractivity contribution in [1.29, 1.82) is 0 Å². The maximum absolute atomic E-state index is 12.8. The molecule has 1 aliphatic heterocycles. The van der Waals surface area contributed by atoms with Crippen LogP contribution in [0.2, 0.25) is 0 Å². The van der Waals surface area contributed by atoms with Crippen molar-refractivity contribution in [2.24, 2.45) is 4.99 Å². The molecule has 1 fully saturated rings. The van der Waals surface area contributed by atoms with E-state index in [2.05, 4.69) is 33.1 Å². The van der Waals surface area contributed by atoms with Crippen molar-refractivity contribution in [3.8, 4) is 5.75 Å². The molecule has 2 aromatic rings. The standard InChI is InChI=1S/C22H27N5O4S/c1-2-17(15-7-4-3-5-8-15)23-20-21(26-32(30)25-20)24-18-10-6-9-16(19(18)28)22(29)27-11-13-31-14-12-27/h3-4,6-7,9-10,17,28H,2,5,8,11-14H2,1H3,(H,23,25)(H,24,26)/t17-,32?/m1/s1. The lowest BCUT2D eigenvalue weighted by atomic mass is 9.97. The van der Waals surface area contributed by atoms with E-state index in [4.69, 9.17) is 9.73 Å². The number of anilines is 2. The van der Waals surface area contributed by atoms with Crippen LogP contribution in [0.1, 0.15) is 36.5 Å². The first kappa shape index (κ1) is 22.3. The molecule has 2 aliphatic rings. The van der Waals surface area contributed by atoms with Crippen LogP contribution >= 0.6 is 11.1 Å². The van der Waals surface area contributed by atoms with Crippen LogP contribution in [0.25, 0.3) is 0 Å². The minimum absolute atomic E-state index is 0.0626. The number of aromatic hydroxyl groups is 1. The third-order valence-corrected chi connectivity index (χ3v) is 6.26. The van der Waals surface area contributed by atoms with E-state index in [1.54, 1.807) is 23.1 Å². The fourth-order valence-corrected chi connectivity index (χ4v) is 4.48. The minimum atomic E-state index is -1.66. The topological polar surface area (TPSA) is 126 Å². The van der Waals surface area contributed by atoms with E-state index >= 15 is 0 Å². The lowest BCUT2D eigenvalue weighted by molar-refractivity contribution is 0.0301. The van der Waals surface area contributed by atoms with Crippen LogP contribution in [0, 0.1) is 0 Å². The Hall–Kier alpha value is -2.95. The number of benzene rings is 1. The monoisotopic (exact) mass is 457 g/mol. The van der Waals surface area contributed by atoms with Gasteiger partial charge in [0.1, 0.15) is 0 Å². The summed E-state index contributed by atoms with van der Waals surface area (Å²) in [7, 11) is 0. The highest BCUT2D eigenvalue weighted by atomic mass is 32.2. The lowest BCUT2D eigenvalue weighted by Crippen LogP contribution is -2.40. The Labute approximate surface area is 189 Å². The van der Waals surface area contributed by atoms with Crippen molar-refractivity contribution in [2.75, 3.05) is 31.6 Å². The molecule has 1 aliphatic carbocycles. The number of para-hydroxylation sites is 1. The Bertz CT molecular complexity index is 1100. The first-order valence-corrected chi connectivity index (χ1v) is 11.8. The van der Waals surface area contributed by atoms with Crippen LogP contribution in [0.4, 0.5) is 11.5 Å². The molecule has 10 heteroatoms. The summed E-state index contributed by atoms with van der Waals surface area (Å²) >= 11 is -1.66. The molecular weight excluding hydrogens is 430 g/mol. The van der Waals surface area contributed by atoms with Gasteiger partial charge in [-0.1, -0.05) is 31.2 Å². The van der Waals surface area contributed by atoms with E-state index < -0.39 is 11.1 Å². The molecule has 1 aromatic heterocycles. The second-order valence-corrected chi connectivity index (χ2v) is 8.52. The smallest absolute Gasteiger partial charge is 0.257 e. The summed E-state index contributed by atoms with van der Waals surface area (Å²) in [5.74, 6) is -0.183. The van der Waals surface area contributed by atoms with Crippen LogP contribution in [-0.4, -0.2) is 61.6 Å². The number of allylic oxidation sites excluding steroid dienone is 3. The van der Waals surface area contributed by atoms with Crippen LogP contribution in [-0.2, 0) is 4.74 Å². The van der Waals surface area contributed by atoms with Gasteiger partial charge < -0.3 is 24.6 Å². The molecule has 1 unspecified atom stereocenters. The van der Waals surface area contributed by atoms with Crippen molar-refractivity contribution in [2.45, 2.75) is 32.2 Å². The van der Waals surface area contributed by atoms with Gasteiger partial charge in [-0.3, -0.25) is 9.79 Å². The van der Waals surface area contributed by atoms with Gasteiger partial charge in [0.05, 0.1) is 30.5 Å². The number of rotatable bonds is 6. The van der Waals surface area contributed by atoms with E-state index in [0.717, 1.165) is 19.3 Å². The Kier molecular flexibility index (Phi) is 7.03. The first-order chi connectivity index (χ1) is 15.6. The predicted molar refractivity (Wildman–Crippen MR) is 121 cm³/mol. The molecule has 4 rings (SSSR count). The fourth-order valence-electron chi connectivity index (χ4n) is 3.82. The van der Waals surface area contributed by atoms with Crippen molar-refractivity contribution in [3.63, 3.8) is 0 Å². The predicted octanol–water partition coefficient (Wildman–Crippen LogP) is 3.01. The average molecular weight is 458 g/mol. The van der Waals surface area contributed by atoms with Gasteiger partial charge >= 0.3 is 0 Å². The number of morpholine rings is 1. The third kappa shape index (κ3) is 4.93. The summed E-state index contributed by atoms with van der Waals surface area (Å²) in [6.07, 6.45) is 8.92. The van der Waals surface area contributed by atoms with Gasteiger partial charge in [0.25, 0.3) is 5.91 Å². The summed E-state index contributed by atoms with van der Waals surface area (Å²) in [6, 6.07) is 4.84. The molecule has 2 atom stereocenters. The van der Waals surface area contributed by atoms with E-state index in [-0.39, 0.29) is 29.1 Å². The van der Waals surface area contributed by atoms with Crippen LogP contribution in [0.3, 0.4) is 0 Å². The lowest BCUT2D eigenvalue weighted by Gasteiger charge is -2.27. The molecule has 2 heterocycles. The molecule has 9 nitrogen and oxygen atoms in total. The van der Waals surface area contributed by atoms with Gasteiger partial charge in [0.15, 0.2) is 16.9 Å². The number of nitrogens with zero attached hydrogens (tertiary/aromatic N) is 3. The summed E-state index contributed by atoms with van der Waals surface area (Å²) in [4.78, 5) is 19.2. The van der Waals surface area contributed by atoms with Gasteiger partial charge in [0.2, 0.25) is 11.3 Å². The molecule has 1 saturated heterocycles. The van der Waals surface area contributed by atoms with Crippen molar-refractivity contribution in [1.82, 2.24) is 13.6 Å². The number of H-pyrrole nitrogens is 1. The van der Waals surface area contributed by atoms with Gasteiger partial charge in [0, 0.05) is 17.5 Å². The number of phenols is 1. The highest BCUT2D eigenvalue weighted by Gasteiger charge is 2.23. The highest BCUT2D eigenvalue weighted by Crippen LogP contribution is 2.30. The van der Waals surface area contributed by atoms with Gasteiger partial charge in [-0.05, 0) is 37.0 Å². The van der Waals surface area contributed by atoms with Gasteiger partial charge in [-0.25, -0.2) is 0 Å². The summed E-state index contributed by atoms with van der Waals surface area (Å²) < 4.78 is 24.3. The SMILES string of the molecule is CC[C@@H](N=c1[nH][s+]([O-])nc1Nc1cccc(C(=O)N2CCOCC2)c1O)C1=CC=CCC1. The maximum Gasteiger partial charge on any atom is 0.257 e. The second-order valence-electron chi connectivity index (χ2n) is 7.63. The largest absolute Gasteiger partial charge is 0.548 e. The van der Waals surface area contributed by atoms with E-state index in [1.165, 1.54) is 5.57 Å². The normalized spacial score (nSPS) is 18.4. The quantitative estimate of drug-likeness (QED) is 0.452. The highest BCUT2D eigenvalue weighted by molar-refractivity contribution is 7.13. The Balaban J connectivity index is 1.62. The number of ether oxygens (including phenoxy) is 1. The number of carbonyl (C=O) groups excluding carboxylic acids is 1. The van der Waals surface area contributed by atoms with E-state index in [0.29, 0.717) is 37.5 Å². The zero-order valence-electron chi connectivity index (χ0n) is 17.9. The average Bonchev–Trinajstić information content (AvgIpc) is 3.18. The number of hydrogen-bond acceptors (Lipinski definition) is 7. The van der Waals surface area contributed by atoms with E-state index in [9.17, 15) is 14.5 Å². The van der Waals surface area contributed by atoms with Crippen molar-refractivity contribution in [3.05, 3.63) is 53.1 Å². The minimum Gasteiger partial charge on any atom is -0.548 e. The number of amides is 1. The van der Waals surface area contributed by atoms with Crippen LogP contribution in [0.5, 0.6) is 5.75 Å². The van der Waals surface area contributed by atoms with E-state index in [1.807, 2.05) is 6.08 Å². The molecule has 32 heavy (non-hydrogen) atoms. The zero-order chi connectivity index (χ0) is 22.5. The number of carbonyl (C=O) groups is 1. The summed E-state index contributed by atoms with van der Waals surface area (Å²) in [5, 5.41) is 13.8. The number of phenolic OH excluding ortho intramolecular Hbond substituents is 1. The molecule has 1 amide bonds. The maximum atomic E-state index is 12.8. The van der Waals surface area contributed by atoms with Gasteiger partial charge in [-0.2, -0.15) is 0 Å². The molecule has 0 radical (unpaired) electrons. The Morgan fingerprint density at radius 1 is 1.44 bits per heavy atom. The van der Waals surface area contributed by atoms with Gasteiger partial charge in [-0.15, -0.1) is 4.37 Å². The molecule has 170 valence electrons. The van der Waals surface area contributed by atoms with Crippen molar-refractivity contribution < 1.29 is 19.2 Å².